The Labute approximate surface area is 197 Å². The number of nitrogens with two attached hydrogens (primary N) is 1. The molecule has 2 aromatic rings. The van der Waals surface area contributed by atoms with Crippen LogP contribution in [0, 0.1) is 0 Å². The van der Waals surface area contributed by atoms with Crippen LogP contribution in [0.1, 0.15) is 6.42 Å². The highest BCUT2D eigenvalue weighted by atomic mass is 19.4. The summed E-state index contributed by atoms with van der Waals surface area (Å²) in [7, 11) is 0. The summed E-state index contributed by atoms with van der Waals surface area (Å²) in [6.07, 6.45) is -4.02. The molecule has 5 heterocycles. The van der Waals surface area contributed by atoms with Crippen molar-refractivity contribution in [3.63, 3.8) is 0 Å². The molecule has 0 saturated carbocycles. The van der Waals surface area contributed by atoms with Gasteiger partial charge in [0, 0.05) is 63.0 Å². The second-order valence-electron chi connectivity index (χ2n) is 8.80. The Balaban J connectivity index is 1.45. The lowest BCUT2D eigenvalue weighted by molar-refractivity contribution is -0.274. The molecular formula is C21H24F5N7O2. The van der Waals surface area contributed by atoms with Gasteiger partial charge in [-0.2, -0.15) is 4.98 Å². The normalized spacial score (nSPS) is 21.3. The van der Waals surface area contributed by atoms with Gasteiger partial charge in [-0.1, -0.05) is 0 Å². The predicted molar refractivity (Wildman–Crippen MR) is 117 cm³/mol. The number of nitrogen functional groups attached to an aromatic ring is 1. The number of nitrogens with zero attached hydrogens (tertiary/aromatic N) is 6. The third kappa shape index (κ3) is 5.32. The van der Waals surface area contributed by atoms with Gasteiger partial charge in [0.15, 0.2) is 11.6 Å². The van der Waals surface area contributed by atoms with Crippen molar-refractivity contribution in [2.45, 2.75) is 24.7 Å². The molecule has 0 radical (unpaired) electrons. The van der Waals surface area contributed by atoms with Gasteiger partial charge in [-0.05, 0) is 6.07 Å². The van der Waals surface area contributed by atoms with E-state index in [1.54, 1.807) is 6.07 Å². The van der Waals surface area contributed by atoms with Crippen molar-refractivity contribution in [2.24, 2.45) is 0 Å². The number of anilines is 3. The van der Waals surface area contributed by atoms with Crippen molar-refractivity contribution < 1.29 is 31.4 Å². The lowest BCUT2D eigenvalue weighted by Gasteiger charge is -2.47. The van der Waals surface area contributed by atoms with Gasteiger partial charge in [-0.25, -0.2) is 18.7 Å². The van der Waals surface area contributed by atoms with Crippen molar-refractivity contribution in [1.82, 2.24) is 19.9 Å². The lowest BCUT2D eigenvalue weighted by atomic mass is 10.1. The van der Waals surface area contributed by atoms with Crippen LogP contribution in [0.25, 0.3) is 11.3 Å². The van der Waals surface area contributed by atoms with Crippen molar-refractivity contribution in [3.05, 3.63) is 18.3 Å². The Morgan fingerprint density at radius 1 is 1.06 bits per heavy atom. The first-order valence-electron chi connectivity index (χ1n) is 11.2. The number of halogens is 5. The molecule has 2 N–H and O–H groups in total. The number of hydrogen-bond donors (Lipinski definition) is 1. The van der Waals surface area contributed by atoms with E-state index in [-0.39, 0.29) is 30.2 Å². The van der Waals surface area contributed by atoms with E-state index in [1.165, 1.54) is 11.1 Å². The van der Waals surface area contributed by atoms with Crippen molar-refractivity contribution in [2.75, 3.05) is 68.0 Å². The number of pyridine rings is 1. The minimum Gasteiger partial charge on any atom is -0.402 e. The Kier molecular flexibility index (Phi) is 6.03. The summed E-state index contributed by atoms with van der Waals surface area (Å²) in [4.78, 5) is 18.4. The summed E-state index contributed by atoms with van der Waals surface area (Å²) in [5, 5.41) is 0. The van der Waals surface area contributed by atoms with E-state index in [0.29, 0.717) is 38.2 Å². The monoisotopic (exact) mass is 501 g/mol. The summed E-state index contributed by atoms with van der Waals surface area (Å²) in [6.45, 7) is 3.90. The first-order valence-corrected chi connectivity index (χ1v) is 11.2. The molecule has 0 bridgehead atoms. The first-order chi connectivity index (χ1) is 16.6. The molecule has 0 spiro atoms. The first kappa shape index (κ1) is 23.7. The molecular weight excluding hydrogens is 477 g/mol. The zero-order chi connectivity index (χ0) is 24.8. The molecule has 2 aromatic heterocycles. The van der Waals surface area contributed by atoms with E-state index < -0.39 is 30.4 Å². The van der Waals surface area contributed by atoms with E-state index in [1.807, 2.05) is 4.90 Å². The highest BCUT2D eigenvalue weighted by Crippen LogP contribution is 2.35. The van der Waals surface area contributed by atoms with E-state index in [9.17, 15) is 22.0 Å². The van der Waals surface area contributed by atoms with Crippen molar-refractivity contribution in [1.29, 1.82) is 0 Å². The number of hydrogen-bond acceptors (Lipinski definition) is 9. The number of ether oxygens (including phenoxy) is 2. The fraction of sp³-hybridized carbons (Fsp3) is 0.571. The molecule has 5 rings (SSSR count). The highest BCUT2D eigenvalue weighted by Gasteiger charge is 2.40. The van der Waals surface area contributed by atoms with E-state index in [0.717, 1.165) is 19.2 Å². The molecule has 0 atom stereocenters. The molecule has 0 unspecified atom stereocenters. The fourth-order valence-electron chi connectivity index (χ4n) is 4.40. The molecule has 190 valence electrons. The van der Waals surface area contributed by atoms with Crippen LogP contribution in [0.2, 0.25) is 0 Å². The lowest BCUT2D eigenvalue weighted by Crippen LogP contribution is -2.61. The molecule has 3 fully saturated rings. The van der Waals surface area contributed by atoms with E-state index in [2.05, 4.69) is 24.6 Å². The predicted octanol–water partition coefficient (Wildman–Crippen LogP) is 2.39. The number of alkyl halides is 5. The maximum atomic E-state index is 13.9. The smallest absolute Gasteiger partial charge is 0.402 e. The summed E-state index contributed by atoms with van der Waals surface area (Å²) >= 11 is 0. The molecule has 3 aliphatic rings. The molecule has 14 heteroatoms. The third-order valence-electron chi connectivity index (χ3n) is 6.30. The molecule has 3 aliphatic heterocycles. The van der Waals surface area contributed by atoms with Crippen LogP contribution >= 0.6 is 0 Å². The number of rotatable bonds is 5. The minimum absolute atomic E-state index is 0.0642. The zero-order valence-corrected chi connectivity index (χ0v) is 18.6. The molecule has 3 saturated heterocycles. The van der Waals surface area contributed by atoms with Crippen LogP contribution in [0.3, 0.4) is 0 Å². The Bertz CT molecular complexity index is 1070. The third-order valence-corrected chi connectivity index (χ3v) is 6.30. The highest BCUT2D eigenvalue weighted by molar-refractivity contribution is 5.68. The maximum Gasteiger partial charge on any atom is 0.573 e. The van der Waals surface area contributed by atoms with Gasteiger partial charge < -0.3 is 25.0 Å². The zero-order valence-electron chi connectivity index (χ0n) is 18.6. The Hall–Kier alpha value is -3.00. The van der Waals surface area contributed by atoms with Gasteiger partial charge in [-0.3, -0.25) is 4.90 Å². The summed E-state index contributed by atoms with van der Waals surface area (Å²) in [6, 6.07) is 3.00. The van der Waals surface area contributed by atoms with Gasteiger partial charge in [-0.15, -0.1) is 13.2 Å². The van der Waals surface area contributed by atoms with E-state index >= 15 is 0 Å². The van der Waals surface area contributed by atoms with Gasteiger partial charge in [0.1, 0.15) is 5.82 Å². The topological polar surface area (TPSA) is 92.9 Å². The molecule has 9 nitrogen and oxygen atoms in total. The second-order valence-corrected chi connectivity index (χ2v) is 8.80. The van der Waals surface area contributed by atoms with Crippen LogP contribution in [0.5, 0.6) is 5.75 Å². The van der Waals surface area contributed by atoms with Crippen LogP contribution in [-0.4, -0.2) is 90.7 Å². The summed E-state index contributed by atoms with van der Waals surface area (Å²) in [5.74, 6) is -3.38. The van der Waals surface area contributed by atoms with Crippen molar-refractivity contribution in [3.8, 4) is 17.0 Å². The van der Waals surface area contributed by atoms with Gasteiger partial charge in [0.05, 0.1) is 25.5 Å². The van der Waals surface area contributed by atoms with Crippen LogP contribution in [-0.2, 0) is 4.74 Å². The average Bonchev–Trinajstić information content (AvgIpc) is 3.14. The number of morpholine rings is 1. The van der Waals surface area contributed by atoms with Crippen LogP contribution < -0.4 is 20.3 Å². The molecule has 0 amide bonds. The van der Waals surface area contributed by atoms with E-state index in [4.69, 9.17) is 10.5 Å². The largest absolute Gasteiger partial charge is 0.573 e. The Morgan fingerprint density at radius 2 is 1.80 bits per heavy atom. The maximum absolute atomic E-state index is 13.9. The van der Waals surface area contributed by atoms with Crippen LogP contribution in [0.4, 0.5) is 39.5 Å². The molecule has 0 aliphatic carbocycles. The Morgan fingerprint density at radius 3 is 2.46 bits per heavy atom. The van der Waals surface area contributed by atoms with Gasteiger partial charge >= 0.3 is 6.36 Å². The summed E-state index contributed by atoms with van der Waals surface area (Å²) in [5.41, 5.74) is 5.97. The van der Waals surface area contributed by atoms with Crippen molar-refractivity contribution >= 4 is 17.6 Å². The summed E-state index contributed by atoms with van der Waals surface area (Å²) < 4.78 is 75.5. The van der Waals surface area contributed by atoms with Crippen LogP contribution in [0.15, 0.2) is 18.3 Å². The minimum atomic E-state index is -4.95. The molecule has 0 aromatic carbocycles. The average molecular weight is 501 g/mol. The van der Waals surface area contributed by atoms with Gasteiger partial charge in [0.25, 0.3) is 5.92 Å². The SMILES string of the molecule is Nc1ncc(-c2cc(N3CC(N4CCOCC4)C3)nc(N3CCC(F)(F)C3)n2)cc1OC(F)(F)F. The quantitative estimate of drug-likeness (QED) is 0.620. The standard InChI is InChI=1S/C21H24F5N7O2/c22-20(23)1-2-32(12-20)19-29-15(13-7-16(18(27)28-9-13)35-21(24,25)26)8-17(30-19)33-10-14(11-33)31-3-5-34-6-4-31/h7-9,14H,1-6,10-12H2,(H2,27,28). The molecule has 35 heavy (non-hydrogen) atoms. The fourth-order valence-corrected chi connectivity index (χ4v) is 4.40. The second kappa shape index (κ2) is 8.90. The van der Waals surface area contributed by atoms with Gasteiger partial charge in [0.2, 0.25) is 5.95 Å². The number of aromatic nitrogens is 3.